The van der Waals surface area contributed by atoms with Crippen LogP contribution >= 0.6 is 11.8 Å². The molecule has 0 spiro atoms. The van der Waals surface area contributed by atoms with Crippen LogP contribution in [0.15, 0.2) is 35.2 Å². The number of carbonyl (C=O) groups is 1. The van der Waals surface area contributed by atoms with Gasteiger partial charge in [-0.15, -0.1) is 11.8 Å². The SMILES string of the molecule is CC(C)(Sc1ccccc1)C(O)CCCNC=O. The highest BCUT2D eigenvalue weighted by molar-refractivity contribution is 8.00. The first-order valence-corrected chi connectivity index (χ1v) is 6.97. The number of aliphatic hydroxyl groups excluding tert-OH is 1. The molecule has 0 aliphatic carbocycles. The number of rotatable bonds is 8. The predicted octanol–water partition coefficient (Wildman–Crippen LogP) is 2.44. The normalized spacial score (nSPS) is 13.1. The maximum absolute atomic E-state index is 10.2. The summed E-state index contributed by atoms with van der Waals surface area (Å²) in [7, 11) is 0. The Balaban J connectivity index is 2.44. The van der Waals surface area contributed by atoms with Crippen molar-refractivity contribution in [2.75, 3.05) is 6.54 Å². The largest absolute Gasteiger partial charge is 0.392 e. The molecule has 1 aromatic rings. The average molecular weight is 267 g/mol. The molecule has 0 saturated heterocycles. The van der Waals surface area contributed by atoms with Crippen molar-refractivity contribution in [1.82, 2.24) is 5.32 Å². The van der Waals surface area contributed by atoms with Gasteiger partial charge >= 0.3 is 0 Å². The summed E-state index contributed by atoms with van der Waals surface area (Å²) < 4.78 is -0.234. The third-order valence-corrected chi connectivity index (χ3v) is 4.11. The molecule has 1 amide bonds. The summed E-state index contributed by atoms with van der Waals surface area (Å²) in [5.41, 5.74) is 0. The van der Waals surface area contributed by atoms with Gasteiger partial charge < -0.3 is 10.4 Å². The van der Waals surface area contributed by atoms with Crippen LogP contribution in [0.2, 0.25) is 0 Å². The molecule has 3 nitrogen and oxygen atoms in total. The lowest BCUT2D eigenvalue weighted by Gasteiger charge is -2.30. The fourth-order valence-electron chi connectivity index (χ4n) is 1.66. The summed E-state index contributed by atoms with van der Waals surface area (Å²) in [5.74, 6) is 0. The maximum atomic E-state index is 10.2. The van der Waals surface area contributed by atoms with Crippen molar-refractivity contribution in [3.05, 3.63) is 30.3 Å². The molecule has 0 heterocycles. The zero-order valence-electron chi connectivity index (χ0n) is 10.9. The summed E-state index contributed by atoms with van der Waals surface area (Å²) in [6, 6.07) is 10.1. The molecule has 0 aliphatic rings. The molecule has 0 saturated carbocycles. The van der Waals surface area contributed by atoms with Gasteiger partial charge in [0.2, 0.25) is 6.41 Å². The zero-order valence-corrected chi connectivity index (χ0v) is 11.7. The highest BCUT2D eigenvalue weighted by atomic mass is 32.2. The first-order chi connectivity index (χ1) is 8.56. The topological polar surface area (TPSA) is 49.3 Å². The van der Waals surface area contributed by atoms with Crippen molar-refractivity contribution in [3.8, 4) is 0 Å². The summed E-state index contributed by atoms with van der Waals surface area (Å²) in [6.07, 6.45) is 1.78. The quantitative estimate of drug-likeness (QED) is 0.432. The Morgan fingerprint density at radius 1 is 1.39 bits per heavy atom. The smallest absolute Gasteiger partial charge is 0.207 e. The van der Waals surface area contributed by atoms with Gasteiger partial charge in [0.1, 0.15) is 0 Å². The van der Waals surface area contributed by atoms with E-state index in [-0.39, 0.29) is 4.75 Å². The fourth-order valence-corrected chi connectivity index (χ4v) is 2.82. The van der Waals surface area contributed by atoms with Crippen LogP contribution in [0.25, 0.3) is 0 Å². The van der Waals surface area contributed by atoms with E-state index < -0.39 is 6.10 Å². The molecule has 1 unspecified atom stereocenters. The highest BCUT2D eigenvalue weighted by Crippen LogP contribution is 2.36. The maximum Gasteiger partial charge on any atom is 0.207 e. The minimum atomic E-state index is -0.392. The first-order valence-electron chi connectivity index (χ1n) is 6.15. The van der Waals surface area contributed by atoms with E-state index in [9.17, 15) is 9.90 Å². The van der Waals surface area contributed by atoms with Crippen LogP contribution in [0, 0.1) is 0 Å². The van der Waals surface area contributed by atoms with E-state index in [0.29, 0.717) is 19.4 Å². The number of thioether (sulfide) groups is 1. The number of benzene rings is 1. The zero-order chi connectivity index (χ0) is 13.4. The molecular weight excluding hydrogens is 246 g/mol. The Hall–Kier alpha value is -1.00. The highest BCUT2D eigenvalue weighted by Gasteiger charge is 2.28. The number of nitrogens with one attached hydrogen (secondary N) is 1. The molecule has 18 heavy (non-hydrogen) atoms. The van der Waals surface area contributed by atoms with Crippen molar-refractivity contribution >= 4 is 18.2 Å². The van der Waals surface area contributed by atoms with Crippen molar-refractivity contribution in [1.29, 1.82) is 0 Å². The second kappa shape index (κ2) is 7.44. The van der Waals surface area contributed by atoms with E-state index in [2.05, 4.69) is 5.32 Å². The number of aliphatic hydroxyl groups is 1. The van der Waals surface area contributed by atoms with Crippen LogP contribution in [0.1, 0.15) is 26.7 Å². The van der Waals surface area contributed by atoms with Crippen LogP contribution in [-0.2, 0) is 4.79 Å². The predicted molar refractivity (Wildman–Crippen MR) is 75.7 cm³/mol. The average Bonchev–Trinajstić information content (AvgIpc) is 2.35. The molecular formula is C14H21NO2S. The monoisotopic (exact) mass is 267 g/mol. The number of carbonyl (C=O) groups excluding carboxylic acids is 1. The molecule has 2 N–H and O–H groups in total. The molecule has 0 fully saturated rings. The van der Waals surface area contributed by atoms with Crippen molar-refractivity contribution in [2.45, 2.75) is 42.4 Å². The van der Waals surface area contributed by atoms with Crippen LogP contribution < -0.4 is 5.32 Å². The van der Waals surface area contributed by atoms with Gasteiger partial charge in [-0.1, -0.05) is 18.2 Å². The van der Waals surface area contributed by atoms with Gasteiger partial charge in [-0.2, -0.15) is 0 Å². The van der Waals surface area contributed by atoms with Crippen molar-refractivity contribution in [2.24, 2.45) is 0 Å². The standard InChI is InChI=1S/C14H21NO2S/c1-14(2,13(17)9-6-10-15-11-16)18-12-7-4-3-5-8-12/h3-5,7-8,11,13,17H,6,9-10H2,1-2H3,(H,15,16). The second-order valence-corrected chi connectivity index (χ2v) is 6.48. The molecule has 0 aliphatic heterocycles. The van der Waals surface area contributed by atoms with Crippen LogP contribution in [0.3, 0.4) is 0 Å². The minimum absolute atomic E-state index is 0.234. The number of hydrogen-bond acceptors (Lipinski definition) is 3. The van der Waals surface area contributed by atoms with E-state index in [0.717, 1.165) is 11.3 Å². The summed E-state index contributed by atoms with van der Waals surface area (Å²) in [5, 5.41) is 12.8. The molecule has 100 valence electrons. The van der Waals surface area contributed by atoms with E-state index in [1.165, 1.54) is 0 Å². The number of hydrogen-bond donors (Lipinski definition) is 2. The van der Waals surface area contributed by atoms with Gasteiger partial charge in [0, 0.05) is 16.2 Å². The molecule has 4 heteroatoms. The van der Waals surface area contributed by atoms with Crippen LogP contribution in [-0.4, -0.2) is 28.9 Å². The second-order valence-electron chi connectivity index (χ2n) is 4.75. The molecule has 1 atom stereocenters. The molecule has 0 bridgehead atoms. The van der Waals surface area contributed by atoms with Gasteiger partial charge in [-0.25, -0.2) is 0 Å². The summed E-state index contributed by atoms with van der Waals surface area (Å²) in [6.45, 7) is 4.71. The van der Waals surface area contributed by atoms with Crippen LogP contribution in [0.4, 0.5) is 0 Å². The van der Waals surface area contributed by atoms with Gasteiger partial charge in [0.15, 0.2) is 0 Å². The Labute approximate surface area is 113 Å². The van der Waals surface area contributed by atoms with Crippen LogP contribution in [0.5, 0.6) is 0 Å². The van der Waals surface area contributed by atoms with Gasteiger partial charge in [0.05, 0.1) is 6.10 Å². The van der Waals surface area contributed by atoms with E-state index >= 15 is 0 Å². The van der Waals surface area contributed by atoms with Gasteiger partial charge in [-0.3, -0.25) is 4.79 Å². The third-order valence-electron chi connectivity index (χ3n) is 2.81. The summed E-state index contributed by atoms with van der Waals surface area (Å²) >= 11 is 1.68. The lowest BCUT2D eigenvalue weighted by Crippen LogP contribution is -2.33. The van der Waals surface area contributed by atoms with Gasteiger partial charge in [-0.05, 0) is 38.8 Å². The number of amides is 1. The minimum Gasteiger partial charge on any atom is -0.392 e. The Morgan fingerprint density at radius 2 is 2.06 bits per heavy atom. The Kier molecular flexibility index (Phi) is 6.22. The lowest BCUT2D eigenvalue weighted by molar-refractivity contribution is -0.109. The molecule has 0 aromatic heterocycles. The Bertz CT molecular complexity index is 354. The molecule has 1 aromatic carbocycles. The van der Waals surface area contributed by atoms with Crippen molar-refractivity contribution < 1.29 is 9.90 Å². The summed E-state index contributed by atoms with van der Waals surface area (Å²) in [4.78, 5) is 11.3. The van der Waals surface area contributed by atoms with Gasteiger partial charge in [0.25, 0.3) is 0 Å². The van der Waals surface area contributed by atoms with E-state index in [1.54, 1.807) is 11.8 Å². The molecule has 1 rings (SSSR count). The Morgan fingerprint density at radius 3 is 2.67 bits per heavy atom. The van der Waals surface area contributed by atoms with E-state index in [4.69, 9.17) is 0 Å². The lowest BCUT2D eigenvalue weighted by atomic mass is 10.0. The molecule has 0 radical (unpaired) electrons. The third kappa shape index (κ3) is 5.10. The van der Waals surface area contributed by atoms with E-state index in [1.807, 2.05) is 44.2 Å². The first kappa shape index (κ1) is 15.1. The van der Waals surface area contributed by atoms with Crippen molar-refractivity contribution in [3.63, 3.8) is 0 Å². The fraction of sp³-hybridized carbons (Fsp3) is 0.500.